The van der Waals surface area contributed by atoms with Crippen LogP contribution in [0.1, 0.15) is 30.4 Å². The largest absolute Gasteiger partial charge is 0.496 e. The van der Waals surface area contributed by atoms with E-state index < -0.39 is 0 Å². The van der Waals surface area contributed by atoms with Crippen LogP contribution in [-0.4, -0.2) is 36.8 Å². The number of aliphatic hydroxyl groups excluding tert-OH is 1. The van der Waals surface area contributed by atoms with Crippen molar-refractivity contribution in [1.29, 1.82) is 0 Å². The van der Waals surface area contributed by atoms with Crippen molar-refractivity contribution in [3.8, 4) is 17.6 Å². The highest BCUT2D eigenvalue weighted by Gasteiger charge is 2.35. The summed E-state index contributed by atoms with van der Waals surface area (Å²) in [4.78, 5) is 2.55. The second-order valence-electron chi connectivity index (χ2n) is 6.13. The minimum atomic E-state index is -0.100. The van der Waals surface area contributed by atoms with Gasteiger partial charge in [-0.1, -0.05) is 18.3 Å². The van der Waals surface area contributed by atoms with Gasteiger partial charge in [-0.25, -0.2) is 0 Å². The highest BCUT2D eigenvalue weighted by Crippen LogP contribution is 2.38. The molecule has 0 radical (unpaired) electrons. The van der Waals surface area contributed by atoms with Gasteiger partial charge in [-0.15, -0.1) is 0 Å². The zero-order valence-electron chi connectivity index (χ0n) is 12.6. The Bertz CT molecular complexity index is 546. The third-order valence-corrected chi connectivity index (χ3v) is 4.79. The molecule has 1 saturated carbocycles. The quantitative estimate of drug-likeness (QED) is 0.865. The molecule has 1 aromatic rings. The fraction of sp³-hybridized carbons (Fsp3) is 0.556. The van der Waals surface area contributed by atoms with Crippen LogP contribution in [-0.2, 0) is 6.54 Å². The van der Waals surface area contributed by atoms with Crippen LogP contribution in [0.25, 0.3) is 0 Å². The van der Waals surface area contributed by atoms with Crippen molar-refractivity contribution in [1.82, 2.24) is 4.90 Å². The van der Waals surface area contributed by atoms with E-state index in [4.69, 9.17) is 9.84 Å². The summed E-state index contributed by atoms with van der Waals surface area (Å²) < 4.78 is 5.48. The summed E-state index contributed by atoms with van der Waals surface area (Å²) in [5.74, 6) is 8.44. The van der Waals surface area contributed by atoms with E-state index >= 15 is 0 Å². The summed E-state index contributed by atoms with van der Waals surface area (Å²) in [6.45, 7) is 3.28. The van der Waals surface area contributed by atoms with Crippen LogP contribution < -0.4 is 4.74 Å². The first-order valence-corrected chi connectivity index (χ1v) is 7.79. The maximum absolute atomic E-state index is 8.81. The summed E-state index contributed by atoms with van der Waals surface area (Å²) in [7, 11) is 1.72. The van der Waals surface area contributed by atoms with Crippen molar-refractivity contribution in [2.75, 3.05) is 26.8 Å². The topological polar surface area (TPSA) is 32.7 Å². The molecule has 0 amide bonds. The predicted molar refractivity (Wildman–Crippen MR) is 83.1 cm³/mol. The molecule has 2 aliphatic rings. The van der Waals surface area contributed by atoms with E-state index in [0.717, 1.165) is 29.7 Å². The molecular weight excluding hydrogens is 262 g/mol. The number of ether oxygens (including phenoxy) is 1. The minimum absolute atomic E-state index is 0.100. The van der Waals surface area contributed by atoms with Crippen LogP contribution in [0.3, 0.4) is 0 Å². The molecule has 1 saturated heterocycles. The number of methoxy groups -OCH3 is 1. The fourth-order valence-corrected chi connectivity index (χ4v) is 3.82. The average Bonchev–Trinajstić information content (AvgIpc) is 3.06. The van der Waals surface area contributed by atoms with Crippen LogP contribution >= 0.6 is 0 Å². The maximum Gasteiger partial charge on any atom is 0.123 e. The highest BCUT2D eigenvalue weighted by molar-refractivity contribution is 5.44. The van der Waals surface area contributed by atoms with Crippen LogP contribution in [0, 0.1) is 23.7 Å². The molecule has 112 valence electrons. The van der Waals surface area contributed by atoms with Crippen molar-refractivity contribution in [2.45, 2.75) is 25.8 Å². The molecule has 3 rings (SSSR count). The molecule has 2 fully saturated rings. The zero-order chi connectivity index (χ0) is 14.7. The Balaban J connectivity index is 1.74. The second kappa shape index (κ2) is 6.51. The first-order valence-electron chi connectivity index (χ1n) is 7.79. The SMILES string of the molecule is COc1ccc(C#CCO)cc1CN1CC2CCCC2C1. The lowest BCUT2D eigenvalue weighted by Crippen LogP contribution is -2.21. The number of fused-ring (bicyclic) bond motifs is 1. The molecule has 3 heteroatoms. The van der Waals surface area contributed by atoms with Gasteiger partial charge in [0.2, 0.25) is 0 Å². The van der Waals surface area contributed by atoms with Gasteiger partial charge in [0.25, 0.3) is 0 Å². The lowest BCUT2D eigenvalue weighted by atomic mass is 10.0. The van der Waals surface area contributed by atoms with Gasteiger partial charge in [0.15, 0.2) is 0 Å². The van der Waals surface area contributed by atoms with Crippen molar-refractivity contribution in [3.05, 3.63) is 29.3 Å². The van der Waals surface area contributed by atoms with Crippen molar-refractivity contribution in [3.63, 3.8) is 0 Å². The first kappa shape index (κ1) is 14.4. The molecule has 2 atom stereocenters. The monoisotopic (exact) mass is 285 g/mol. The van der Waals surface area contributed by atoms with E-state index in [1.54, 1.807) is 7.11 Å². The van der Waals surface area contributed by atoms with Crippen molar-refractivity contribution >= 4 is 0 Å². The number of benzene rings is 1. The van der Waals surface area contributed by atoms with E-state index in [1.165, 1.54) is 37.9 Å². The van der Waals surface area contributed by atoms with E-state index in [2.05, 4.69) is 22.8 Å². The second-order valence-corrected chi connectivity index (χ2v) is 6.13. The Labute approximate surface area is 126 Å². The van der Waals surface area contributed by atoms with Crippen molar-refractivity contribution in [2.24, 2.45) is 11.8 Å². The molecule has 21 heavy (non-hydrogen) atoms. The van der Waals surface area contributed by atoms with Crippen molar-refractivity contribution < 1.29 is 9.84 Å². The third kappa shape index (κ3) is 3.23. The zero-order valence-corrected chi connectivity index (χ0v) is 12.6. The molecule has 0 spiro atoms. The summed E-state index contributed by atoms with van der Waals surface area (Å²) >= 11 is 0. The number of hydrogen-bond acceptors (Lipinski definition) is 3. The Morgan fingerprint density at radius 1 is 1.29 bits per heavy atom. The third-order valence-electron chi connectivity index (χ3n) is 4.79. The molecule has 1 aromatic carbocycles. The standard InChI is InChI=1S/C18H23NO2/c1-21-18-8-7-14(4-3-9-20)10-17(18)13-19-11-15-5-2-6-16(15)12-19/h7-8,10,15-16,20H,2,5-6,9,11-13H2,1H3. The predicted octanol–water partition coefficient (Wildman–Crippen LogP) is 2.27. The molecule has 1 N–H and O–H groups in total. The van der Waals surface area contributed by atoms with Gasteiger partial charge in [0, 0.05) is 30.8 Å². The Kier molecular flexibility index (Phi) is 4.48. The number of aliphatic hydroxyl groups is 1. The number of rotatable bonds is 3. The highest BCUT2D eigenvalue weighted by atomic mass is 16.5. The van der Waals surface area contributed by atoms with Gasteiger partial charge >= 0.3 is 0 Å². The van der Waals surface area contributed by atoms with Crippen LogP contribution in [0.4, 0.5) is 0 Å². The van der Waals surface area contributed by atoms with Gasteiger partial charge in [-0.3, -0.25) is 4.90 Å². The normalized spacial score (nSPS) is 24.5. The number of nitrogens with zero attached hydrogens (tertiary/aromatic N) is 1. The Morgan fingerprint density at radius 2 is 2.05 bits per heavy atom. The smallest absolute Gasteiger partial charge is 0.123 e. The van der Waals surface area contributed by atoms with E-state index in [9.17, 15) is 0 Å². The van der Waals surface area contributed by atoms with Crippen LogP contribution in [0.5, 0.6) is 5.75 Å². The molecule has 0 aromatic heterocycles. The molecule has 2 unspecified atom stereocenters. The summed E-state index contributed by atoms with van der Waals surface area (Å²) in [5.41, 5.74) is 2.14. The molecular formula is C18H23NO2. The number of hydrogen-bond donors (Lipinski definition) is 1. The van der Waals surface area contributed by atoms with Gasteiger partial charge in [-0.05, 0) is 42.9 Å². The average molecular weight is 285 g/mol. The Hall–Kier alpha value is -1.50. The minimum Gasteiger partial charge on any atom is -0.496 e. The van der Waals surface area contributed by atoms with E-state index in [1.807, 2.05) is 12.1 Å². The van der Waals surface area contributed by atoms with Gasteiger partial charge in [0.05, 0.1) is 7.11 Å². The van der Waals surface area contributed by atoms with Gasteiger partial charge in [0.1, 0.15) is 12.4 Å². The van der Waals surface area contributed by atoms with E-state index in [-0.39, 0.29) is 6.61 Å². The van der Waals surface area contributed by atoms with Gasteiger partial charge < -0.3 is 9.84 Å². The van der Waals surface area contributed by atoms with Gasteiger partial charge in [-0.2, -0.15) is 0 Å². The molecule has 3 nitrogen and oxygen atoms in total. The number of likely N-dealkylation sites (tertiary alicyclic amines) is 1. The van der Waals surface area contributed by atoms with E-state index in [0.29, 0.717) is 0 Å². The Morgan fingerprint density at radius 3 is 2.71 bits per heavy atom. The van der Waals surface area contributed by atoms with Crippen LogP contribution in [0.2, 0.25) is 0 Å². The molecule has 0 bridgehead atoms. The summed E-state index contributed by atoms with van der Waals surface area (Å²) in [6.07, 6.45) is 4.22. The molecule has 1 aliphatic heterocycles. The molecule has 1 aliphatic carbocycles. The lowest BCUT2D eigenvalue weighted by molar-refractivity contribution is 0.296. The fourth-order valence-electron chi connectivity index (χ4n) is 3.82. The lowest BCUT2D eigenvalue weighted by Gasteiger charge is -2.18. The first-order chi connectivity index (χ1) is 10.3. The molecule has 1 heterocycles. The summed E-state index contributed by atoms with van der Waals surface area (Å²) in [5, 5.41) is 8.81. The maximum atomic E-state index is 8.81. The summed E-state index contributed by atoms with van der Waals surface area (Å²) in [6, 6.07) is 6.02. The van der Waals surface area contributed by atoms with Crippen LogP contribution in [0.15, 0.2) is 18.2 Å².